The number of fused-ring (bicyclic) bond motifs is 4. The summed E-state index contributed by atoms with van der Waals surface area (Å²) in [6.07, 6.45) is 4.08. The Morgan fingerprint density at radius 3 is 2.70 bits per heavy atom. The molecule has 0 spiro atoms. The van der Waals surface area contributed by atoms with Crippen LogP contribution in [0.4, 0.5) is 0 Å². The molecule has 0 unspecified atom stereocenters. The molecular weight excluding hydrogens is 250 g/mol. The molecule has 0 saturated heterocycles. The summed E-state index contributed by atoms with van der Waals surface area (Å²) in [5, 5.41) is 14.6. The Hall–Kier alpha value is -2.68. The summed E-state index contributed by atoms with van der Waals surface area (Å²) < 4.78 is 0. The molecule has 3 heteroatoms. The van der Waals surface area contributed by atoms with Crippen LogP contribution in [-0.4, -0.2) is 15.9 Å². The molecule has 20 heavy (non-hydrogen) atoms. The maximum absolute atomic E-state index is 11.5. The van der Waals surface area contributed by atoms with E-state index in [9.17, 15) is 9.90 Å². The number of aromatic hydroxyl groups is 1. The van der Waals surface area contributed by atoms with Crippen molar-refractivity contribution < 1.29 is 9.90 Å². The van der Waals surface area contributed by atoms with Crippen LogP contribution in [-0.2, 0) is 4.79 Å². The SMILES string of the molecule is O=C1C=c2cc3ccc4ccc(O)nc4c3cc2=CC1. The van der Waals surface area contributed by atoms with Crippen molar-refractivity contribution in [3.8, 4) is 5.88 Å². The molecule has 1 N–H and O–H groups in total. The molecule has 1 aliphatic rings. The van der Waals surface area contributed by atoms with E-state index >= 15 is 0 Å². The van der Waals surface area contributed by atoms with Gasteiger partial charge in [0.15, 0.2) is 5.78 Å². The predicted octanol–water partition coefficient (Wildman–Crippen LogP) is 1.63. The van der Waals surface area contributed by atoms with Gasteiger partial charge in [-0.3, -0.25) is 4.79 Å². The number of rotatable bonds is 0. The van der Waals surface area contributed by atoms with E-state index < -0.39 is 0 Å². The van der Waals surface area contributed by atoms with Crippen molar-refractivity contribution in [3.63, 3.8) is 0 Å². The summed E-state index contributed by atoms with van der Waals surface area (Å²) in [5.74, 6) is 0.154. The second kappa shape index (κ2) is 3.90. The van der Waals surface area contributed by atoms with Crippen molar-refractivity contribution in [1.29, 1.82) is 0 Å². The number of hydrogen-bond donors (Lipinski definition) is 1. The first kappa shape index (κ1) is 11.2. The molecule has 0 atom stereocenters. The summed E-state index contributed by atoms with van der Waals surface area (Å²) >= 11 is 0. The molecule has 2 aromatic carbocycles. The van der Waals surface area contributed by atoms with Crippen molar-refractivity contribution in [2.45, 2.75) is 6.42 Å². The van der Waals surface area contributed by atoms with E-state index in [1.54, 1.807) is 12.1 Å². The van der Waals surface area contributed by atoms with Gasteiger partial charge in [0.2, 0.25) is 5.88 Å². The number of ketones is 1. The van der Waals surface area contributed by atoms with Gasteiger partial charge in [0.05, 0.1) is 5.52 Å². The quantitative estimate of drug-likeness (QED) is 0.626. The van der Waals surface area contributed by atoms with Crippen LogP contribution in [0.1, 0.15) is 6.42 Å². The van der Waals surface area contributed by atoms with Crippen LogP contribution in [0, 0.1) is 0 Å². The third-order valence-corrected chi connectivity index (χ3v) is 3.70. The number of nitrogens with zero attached hydrogens (tertiary/aromatic N) is 1. The lowest BCUT2D eigenvalue weighted by Crippen LogP contribution is -2.28. The van der Waals surface area contributed by atoms with E-state index in [0.717, 1.165) is 32.1 Å². The Morgan fingerprint density at radius 1 is 1.00 bits per heavy atom. The van der Waals surface area contributed by atoms with Gasteiger partial charge in [0, 0.05) is 23.3 Å². The topological polar surface area (TPSA) is 50.2 Å². The minimum absolute atomic E-state index is 0.0217. The molecule has 1 aliphatic carbocycles. The van der Waals surface area contributed by atoms with E-state index in [0.29, 0.717) is 6.42 Å². The maximum Gasteiger partial charge on any atom is 0.211 e. The van der Waals surface area contributed by atoms with Crippen molar-refractivity contribution in [2.24, 2.45) is 0 Å². The van der Waals surface area contributed by atoms with E-state index in [-0.39, 0.29) is 11.7 Å². The highest BCUT2D eigenvalue weighted by Gasteiger charge is 2.06. The van der Waals surface area contributed by atoms with E-state index in [4.69, 9.17) is 0 Å². The zero-order chi connectivity index (χ0) is 13.7. The van der Waals surface area contributed by atoms with Crippen LogP contribution in [0.25, 0.3) is 33.8 Å². The van der Waals surface area contributed by atoms with Gasteiger partial charge in [0.25, 0.3) is 0 Å². The van der Waals surface area contributed by atoms with Crippen LogP contribution in [0.3, 0.4) is 0 Å². The second-order valence-corrected chi connectivity index (χ2v) is 5.03. The zero-order valence-electron chi connectivity index (χ0n) is 10.6. The number of pyridine rings is 1. The van der Waals surface area contributed by atoms with Gasteiger partial charge in [-0.05, 0) is 40.1 Å². The normalized spacial score (nSPS) is 13.9. The number of carbonyl (C=O) groups is 1. The Morgan fingerprint density at radius 2 is 1.80 bits per heavy atom. The number of benzene rings is 2. The minimum Gasteiger partial charge on any atom is -0.493 e. The third kappa shape index (κ3) is 1.60. The highest BCUT2D eigenvalue weighted by atomic mass is 16.3. The average molecular weight is 261 g/mol. The second-order valence-electron chi connectivity index (χ2n) is 5.03. The van der Waals surface area contributed by atoms with Gasteiger partial charge in [-0.1, -0.05) is 18.2 Å². The first-order chi connectivity index (χ1) is 9.70. The van der Waals surface area contributed by atoms with Crippen LogP contribution < -0.4 is 10.4 Å². The molecule has 0 amide bonds. The fourth-order valence-corrected chi connectivity index (χ4v) is 2.73. The summed E-state index contributed by atoms with van der Waals surface area (Å²) in [7, 11) is 0. The average Bonchev–Trinajstić information content (AvgIpc) is 2.45. The Kier molecular flexibility index (Phi) is 2.18. The molecule has 3 nitrogen and oxygen atoms in total. The molecule has 1 aromatic heterocycles. The van der Waals surface area contributed by atoms with Crippen LogP contribution in [0.15, 0.2) is 36.4 Å². The Balaban J connectivity index is 2.22. The molecule has 4 rings (SSSR count). The molecule has 0 aliphatic heterocycles. The van der Waals surface area contributed by atoms with E-state index in [1.165, 1.54) is 0 Å². The summed E-state index contributed by atoms with van der Waals surface area (Å²) in [6, 6.07) is 11.5. The molecule has 0 saturated carbocycles. The molecular formula is C17H11NO2. The third-order valence-electron chi connectivity index (χ3n) is 3.70. The lowest BCUT2D eigenvalue weighted by atomic mass is 10.00. The molecule has 0 bridgehead atoms. The summed E-state index contributed by atoms with van der Waals surface area (Å²) in [4.78, 5) is 15.7. The molecule has 1 heterocycles. The number of hydrogen-bond acceptors (Lipinski definition) is 3. The fraction of sp³-hybridized carbons (Fsp3) is 0.0588. The Labute approximate surface area is 114 Å². The minimum atomic E-state index is 0.0217. The van der Waals surface area contributed by atoms with Crippen molar-refractivity contribution >= 4 is 39.6 Å². The van der Waals surface area contributed by atoms with Crippen molar-refractivity contribution in [1.82, 2.24) is 4.98 Å². The van der Waals surface area contributed by atoms with Crippen molar-refractivity contribution in [2.75, 3.05) is 0 Å². The maximum atomic E-state index is 11.5. The first-order valence-electron chi connectivity index (χ1n) is 6.48. The summed E-state index contributed by atoms with van der Waals surface area (Å²) in [6.45, 7) is 0. The summed E-state index contributed by atoms with van der Waals surface area (Å²) in [5.41, 5.74) is 0.788. The molecule has 3 aromatic rings. The van der Waals surface area contributed by atoms with Gasteiger partial charge in [-0.15, -0.1) is 0 Å². The fourth-order valence-electron chi connectivity index (χ4n) is 2.73. The highest BCUT2D eigenvalue weighted by molar-refractivity contribution is 6.11. The highest BCUT2D eigenvalue weighted by Crippen LogP contribution is 2.23. The van der Waals surface area contributed by atoms with Gasteiger partial charge >= 0.3 is 0 Å². The Bertz CT molecular complexity index is 1000. The predicted molar refractivity (Wildman–Crippen MR) is 78.7 cm³/mol. The number of carbonyl (C=O) groups excluding carboxylic acids is 1. The number of Topliss-reactive ketones (excluding diaryl/α,β-unsaturated/α-hetero) is 1. The standard InChI is InChI=1S/C17H11NO2/c19-14-5-3-11-9-15-12(7-13(11)8-14)2-1-10-4-6-16(20)18-17(10)15/h1-4,6-9H,5H2,(H,18,20). The smallest absolute Gasteiger partial charge is 0.211 e. The monoisotopic (exact) mass is 261 g/mol. The van der Waals surface area contributed by atoms with Gasteiger partial charge in [0.1, 0.15) is 0 Å². The van der Waals surface area contributed by atoms with Crippen LogP contribution >= 0.6 is 0 Å². The van der Waals surface area contributed by atoms with Crippen LogP contribution in [0.2, 0.25) is 0 Å². The lowest BCUT2D eigenvalue weighted by Gasteiger charge is -2.06. The lowest BCUT2D eigenvalue weighted by molar-refractivity contribution is -0.112. The number of aromatic nitrogens is 1. The van der Waals surface area contributed by atoms with E-state index in [2.05, 4.69) is 4.98 Å². The largest absolute Gasteiger partial charge is 0.493 e. The van der Waals surface area contributed by atoms with Gasteiger partial charge in [-0.2, -0.15) is 0 Å². The zero-order valence-corrected chi connectivity index (χ0v) is 10.6. The van der Waals surface area contributed by atoms with Crippen LogP contribution in [0.5, 0.6) is 5.88 Å². The first-order valence-corrected chi connectivity index (χ1v) is 6.48. The molecule has 0 radical (unpaired) electrons. The van der Waals surface area contributed by atoms with E-state index in [1.807, 2.05) is 36.4 Å². The molecule has 0 fully saturated rings. The van der Waals surface area contributed by atoms with Crippen molar-refractivity contribution in [3.05, 3.63) is 46.8 Å². The molecule has 96 valence electrons. The van der Waals surface area contributed by atoms with Gasteiger partial charge < -0.3 is 5.11 Å². The van der Waals surface area contributed by atoms with Gasteiger partial charge in [-0.25, -0.2) is 4.98 Å².